The van der Waals surface area contributed by atoms with E-state index in [1.165, 1.54) is 0 Å². The molecule has 0 saturated heterocycles. The number of alkyl halides is 1. The minimum Gasteiger partial charge on any atom is -0.390 e. The Labute approximate surface area is 111 Å². The molecule has 15 heavy (non-hydrogen) atoms. The van der Waals surface area contributed by atoms with Crippen LogP contribution in [-0.2, 0) is 0 Å². The minimum absolute atomic E-state index is 0.234. The molecule has 0 aliphatic heterocycles. The molecule has 0 heterocycles. The van der Waals surface area contributed by atoms with E-state index in [0.717, 1.165) is 20.2 Å². The second kappa shape index (κ2) is 6.09. The molecule has 84 valence electrons. The molecule has 0 radical (unpaired) electrons. The third kappa shape index (κ3) is 3.94. The normalized spacial score (nSPS) is 12.6. The van der Waals surface area contributed by atoms with E-state index in [-0.39, 0.29) is 5.88 Å². The zero-order valence-corrected chi connectivity index (χ0v) is 12.2. The number of anilines is 1. The van der Waals surface area contributed by atoms with Crippen molar-refractivity contribution in [3.63, 3.8) is 0 Å². The van der Waals surface area contributed by atoms with Gasteiger partial charge >= 0.3 is 0 Å². The summed E-state index contributed by atoms with van der Waals surface area (Å²) < 4.78 is 2.01. The van der Waals surface area contributed by atoms with E-state index in [9.17, 15) is 5.11 Å². The monoisotopic (exact) mass is 355 g/mol. The van der Waals surface area contributed by atoms with Gasteiger partial charge in [0.2, 0.25) is 0 Å². The Kier molecular flexibility index (Phi) is 5.39. The third-order valence-corrected chi connectivity index (χ3v) is 3.82. The maximum Gasteiger partial charge on any atom is 0.0847 e. The van der Waals surface area contributed by atoms with Gasteiger partial charge in [-0.15, -0.1) is 11.6 Å². The van der Waals surface area contributed by atoms with Gasteiger partial charge in [-0.1, -0.05) is 15.9 Å². The van der Waals surface area contributed by atoms with Crippen molar-refractivity contribution in [3.8, 4) is 0 Å². The summed E-state index contributed by atoms with van der Waals surface area (Å²) in [6.45, 7) is 2.46. The molecular weight excluding hydrogens is 345 g/mol. The fourth-order valence-corrected chi connectivity index (χ4v) is 2.11. The predicted octanol–water partition coefficient (Wildman–Crippen LogP) is 3.53. The van der Waals surface area contributed by atoms with Crippen molar-refractivity contribution in [2.75, 3.05) is 17.7 Å². The Morgan fingerprint density at radius 2 is 2.07 bits per heavy atom. The van der Waals surface area contributed by atoms with Crippen molar-refractivity contribution in [2.24, 2.45) is 0 Å². The first-order valence-electron chi connectivity index (χ1n) is 4.48. The number of rotatable bonds is 4. The van der Waals surface area contributed by atoms with E-state index in [4.69, 9.17) is 11.6 Å². The highest BCUT2D eigenvalue weighted by Crippen LogP contribution is 2.29. The first-order chi connectivity index (χ1) is 7.04. The van der Waals surface area contributed by atoms with E-state index in [1.54, 1.807) is 0 Å². The molecule has 2 N–H and O–H groups in total. The van der Waals surface area contributed by atoms with Gasteiger partial charge in [-0.25, -0.2) is 0 Å². The van der Waals surface area contributed by atoms with Crippen molar-refractivity contribution in [1.82, 2.24) is 0 Å². The maximum absolute atomic E-state index is 9.31. The van der Waals surface area contributed by atoms with Gasteiger partial charge in [-0.3, -0.25) is 0 Å². The van der Waals surface area contributed by atoms with Crippen LogP contribution < -0.4 is 5.32 Å². The first-order valence-corrected chi connectivity index (χ1v) is 6.60. The molecule has 1 aromatic rings. The van der Waals surface area contributed by atoms with Crippen LogP contribution >= 0.6 is 43.5 Å². The fourth-order valence-electron chi connectivity index (χ4n) is 1.06. The van der Waals surface area contributed by atoms with Crippen LogP contribution in [0.15, 0.2) is 21.1 Å². The Bertz CT molecular complexity index is 346. The van der Waals surface area contributed by atoms with Gasteiger partial charge in [0.05, 0.1) is 12.0 Å². The van der Waals surface area contributed by atoms with Gasteiger partial charge in [0.1, 0.15) is 0 Å². The number of benzene rings is 1. The maximum atomic E-state index is 9.31. The zero-order chi connectivity index (χ0) is 11.4. The Morgan fingerprint density at radius 1 is 1.40 bits per heavy atom. The molecule has 0 aromatic heterocycles. The van der Waals surface area contributed by atoms with Gasteiger partial charge in [0.15, 0.2) is 0 Å². The Balaban J connectivity index is 2.73. The van der Waals surface area contributed by atoms with Crippen LogP contribution in [0.3, 0.4) is 0 Å². The summed E-state index contributed by atoms with van der Waals surface area (Å²) in [6, 6.07) is 3.99. The first kappa shape index (κ1) is 13.3. The lowest BCUT2D eigenvalue weighted by Crippen LogP contribution is -2.20. The average molecular weight is 357 g/mol. The number of halogens is 3. The molecule has 0 amide bonds. The smallest absolute Gasteiger partial charge is 0.0847 e. The number of aliphatic hydroxyl groups excluding tert-OH is 1. The molecule has 1 rings (SSSR count). The molecule has 0 fully saturated rings. The van der Waals surface area contributed by atoms with Crippen molar-refractivity contribution in [3.05, 3.63) is 26.6 Å². The second-order valence-corrected chi connectivity index (χ2v) is 5.29. The Hall–Kier alpha value is 0.230. The summed E-state index contributed by atoms with van der Waals surface area (Å²) in [4.78, 5) is 0. The van der Waals surface area contributed by atoms with Crippen LogP contribution in [-0.4, -0.2) is 23.6 Å². The fraction of sp³-hybridized carbons (Fsp3) is 0.400. The average Bonchev–Trinajstić information content (AvgIpc) is 2.21. The molecule has 1 atom stereocenters. The topological polar surface area (TPSA) is 32.3 Å². The summed E-state index contributed by atoms with van der Waals surface area (Å²) in [5.74, 6) is 0.234. The second-order valence-electron chi connectivity index (χ2n) is 3.27. The SMILES string of the molecule is Cc1cc(Br)c(NCC(O)CCl)cc1Br. The van der Waals surface area contributed by atoms with Crippen LogP contribution in [0.25, 0.3) is 0 Å². The summed E-state index contributed by atoms with van der Waals surface area (Å²) >= 11 is 12.4. The number of aryl methyl sites for hydroxylation is 1. The lowest BCUT2D eigenvalue weighted by Gasteiger charge is -2.12. The molecule has 1 aromatic carbocycles. The number of hydrogen-bond acceptors (Lipinski definition) is 2. The summed E-state index contributed by atoms with van der Waals surface area (Å²) in [5.41, 5.74) is 2.10. The highest BCUT2D eigenvalue weighted by Gasteiger charge is 2.06. The van der Waals surface area contributed by atoms with Gasteiger partial charge in [0.25, 0.3) is 0 Å². The lowest BCUT2D eigenvalue weighted by atomic mass is 10.2. The molecule has 0 aliphatic carbocycles. The van der Waals surface area contributed by atoms with Crippen LogP contribution in [0.5, 0.6) is 0 Å². The van der Waals surface area contributed by atoms with Crippen LogP contribution in [0, 0.1) is 6.92 Å². The van der Waals surface area contributed by atoms with Crippen LogP contribution in [0.4, 0.5) is 5.69 Å². The molecule has 0 bridgehead atoms. The van der Waals surface area contributed by atoms with Crippen molar-refractivity contribution >= 4 is 49.1 Å². The predicted molar refractivity (Wildman–Crippen MR) is 71.8 cm³/mol. The van der Waals surface area contributed by atoms with E-state index in [2.05, 4.69) is 37.2 Å². The number of hydrogen-bond donors (Lipinski definition) is 2. The van der Waals surface area contributed by atoms with E-state index >= 15 is 0 Å². The highest BCUT2D eigenvalue weighted by atomic mass is 79.9. The zero-order valence-electron chi connectivity index (χ0n) is 8.23. The van der Waals surface area contributed by atoms with Crippen LogP contribution in [0.2, 0.25) is 0 Å². The van der Waals surface area contributed by atoms with E-state index in [1.807, 2.05) is 19.1 Å². The lowest BCUT2D eigenvalue weighted by molar-refractivity contribution is 0.211. The van der Waals surface area contributed by atoms with Gasteiger partial charge < -0.3 is 10.4 Å². The summed E-state index contributed by atoms with van der Waals surface area (Å²) in [7, 11) is 0. The van der Waals surface area contributed by atoms with E-state index in [0.29, 0.717) is 6.54 Å². The standard InChI is InChI=1S/C10H12Br2ClNO/c1-6-2-9(12)10(3-8(6)11)14-5-7(15)4-13/h2-3,7,14-15H,4-5H2,1H3. The molecule has 0 aliphatic rings. The van der Waals surface area contributed by atoms with Crippen molar-refractivity contribution < 1.29 is 5.11 Å². The quantitative estimate of drug-likeness (QED) is 0.808. The largest absolute Gasteiger partial charge is 0.390 e. The van der Waals surface area contributed by atoms with E-state index < -0.39 is 6.10 Å². The number of nitrogens with one attached hydrogen (secondary N) is 1. The van der Waals surface area contributed by atoms with Gasteiger partial charge in [0, 0.05) is 21.2 Å². The molecule has 0 spiro atoms. The van der Waals surface area contributed by atoms with Crippen molar-refractivity contribution in [1.29, 1.82) is 0 Å². The molecule has 0 saturated carbocycles. The summed E-state index contributed by atoms with van der Waals surface area (Å²) in [5, 5.41) is 12.4. The molecular formula is C10H12Br2ClNO. The highest BCUT2D eigenvalue weighted by molar-refractivity contribution is 9.11. The summed E-state index contributed by atoms with van der Waals surface area (Å²) in [6.07, 6.45) is -0.529. The molecule has 1 unspecified atom stereocenters. The third-order valence-electron chi connectivity index (χ3n) is 1.95. The van der Waals surface area contributed by atoms with Gasteiger partial charge in [-0.05, 0) is 40.5 Å². The molecule has 2 nitrogen and oxygen atoms in total. The van der Waals surface area contributed by atoms with Crippen molar-refractivity contribution in [2.45, 2.75) is 13.0 Å². The van der Waals surface area contributed by atoms with Gasteiger partial charge in [-0.2, -0.15) is 0 Å². The Morgan fingerprint density at radius 3 is 2.67 bits per heavy atom. The minimum atomic E-state index is -0.529. The molecule has 5 heteroatoms. The number of aliphatic hydroxyl groups is 1. The van der Waals surface area contributed by atoms with Crippen LogP contribution in [0.1, 0.15) is 5.56 Å².